The van der Waals surface area contributed by atoms with Gasteiger partial charge in [-0.1, -0.05) is 6.08 Å². The zero-order chi connectivity index (χ0) is 11.9. The third kappa shape index (κ3) is 9.42. The Morgan fingerprint density at radius 3 is 2.53 bits per heavy atom. The zero-order valence-corrected chi connectivity index (χ0v) is 9.80. The van der Waals surface area contributed by atoms with Crippen molar-refractivity contribution in [2.45, 2.75) is 13.3 Å². The summed E-state index contributed by atoms with van der Waals surface area (Å²) in [4.78, 5) is 10.4. The predicted molar refractivity (Wildman–Crippen MR) is 58.6 cm³/mol. The Bertz CT molecular complexity index is 332. The molecule has 0 aliphatic heterocycles. The maximum absolute atomic E-state index is 10.7. The Kier molecular flexibility index (Phi) is 6.19. The third-order valence-electron chi connectivity index (χ3n) is 1.76. The summed E-state index contributed by atoms with van der Waals surface area (Å²) in [5.74, 6) is -0.783. The van der Waals surface area contributed by atoms with Gasteiger partial charge in [-0.3, -0.25) is 0 Å². The molecule has 2 N–H and O–H groups in total. The summed E-state index contributed by atoms with van der Waals surface area (Å²) in [7, 11) is -2.89. The van der Waals surface area contributed by atoms with Gasteiger partial charge in [-0.25, -0.2) is 13.2 Å². The van der Waals surface area contributed by atoms with E-state index in [0.29, 0.717) is 19.5 Å². The summed E-state index contributed by atoms with van der Waals surface area (Å²) in [6, 6.07) is 0. The van der Waals surface area contributed by atoms with E-state index in [0.717, 1.165) is 0 Å². The monoisotopic (exact) mass is 235 g/mol. The van der Waals surface area contributed by atoms with Gasteiger partial charge in [0.15, 0.2) is 0 Å². The first-order valence-corrected chi connectivity index (χ1v) is 6.67. The second-order valence-electron chi connectivity index (χ2n) is 3.38. The lowest BCUT2D eigenvalue weighted by atomic mass is 10.3. The van der Waals surface area contributed by atoms with Crippen molar-refractivity contribution in [2.75, 3.05) is 25.1 Å². The quantitative estimate of drug-likeness (QED) is 0.481. The van der Waals surface area contributed by atoms with Gasteiger partial charge in [0.1, 0.15) is 9.84 Å². The molecule has 15 heavy (non-hydrogen) atoms. The number of nitrogens with one attached hydrogen (secondary N) is 1. The van der Waals surface area contributed by atoms with Crippen LogP contribution in [0, 0.1) is 0 Å². The van der Waals surface area contributed by atoms with Crippen LogP contribution in [-0.4, -0.2) is 44.6 Å². The van der Waals surface area contributed by atoms with E-state index in [2.05, 4.69) is 5.32 Å². The Morgan fingerprint density at radius 1 is 1.47 bits per heavy atom. The highest BCUT2D eigenvalue weighted by atomic mass is 32.2. The van der Waals surface area contributed by atoms with Crippen LogP contribution < -0.4 is 5.32 Å². The van der Waals surface area contributed by atoms with Gasteiger partial charge in [-0.05, 0) is 19.9 Å². The number of sulfone groups is 1. The molecule has 0 radical (unpaired) electrons. The molecule has 0 aliphatic carbocycles. The van der Waals surface area contributed by atoms with Gasteiger partial charge < -0.3 is 10.4 Å². The molecule has 0 aromatic rings. The maximum atomic E-state index is 10.7. The molecule has 88 valence electrons. The van der Waals surface area contributed by atoms with Gasteiger partial charge >= 0.3 is 5.97 Å². The number of carbonyl (C=O) groups is 1. The number of rotatable bonds is 7. The first kappa shape index (κ1) is 14.1. The van der Waals surface area contributed by atoms with Gasteiger partial charge in [-0.15, -0.1) is 0 Å². The number of hydrogen-bond acceptors (Lipinski definition) is 4. The molecule has 0 heterocycles. The SMILES string of the molecule is CC(=CCNCCCS(C)(=O)=O)C(=O)O. The van der Waals surface area contributed by atoms with E-state index in [9.17, 15) is 13.2 Å². The highest BCUT2D eigenvalue weighted by Crippen LogP contribution is 1.90. The predicted octanol–water partition coefficient (Wildman–Crippen LogP) is 0.0416. The van der Waals surface area contributed by atoms with E-state index >= 15 is 0 Å². The van der Waals surface area contributed by atoms with Crippen LogP contribution in [0.2, 0.25) is 0 Å². The molecule has 5 nitrogen and oxygen atoms in total. The molecule has 0 aromatic heterocycles. The Labute approximate surface area is 90.1 Å². The van der Waals surface area contributed by atoms with Crippen molar-refractivity contribution >= 4 is 15.8 Å². The van der Waals surface area contributed by atoms with Gasteiger partial charge in [0.2, 0.25) is 0 Å². The minimum absolute atomic E-state index is 0.154. The molecular formula is C9H17NO4S. The van der Waals surface area contributed by atoms with Crippen LogP contribution in [0.15, 0.2) is 11.6 Å². The molecule has 0 aliphatic rings. The van der Waals surface area contributed by atoms with Crippen molar-refractivity contribution in [1.82, 2.24) is 5.32 Å². The van der Waals surface area contributed by atoms with E-state index < -0.39 is 15.8 Å². The van der Waals surface area contributed by atoms with E-state index in [1.165, 1.54) is 13.2 Å². The molecule has 0 bridgehead atoms. The van der Waals surface area contributed by atoms with E-state index in [-0.39, 0.29) is 11.3 Å². The molecule has 0 rings (SSSR count). The van der Waals surface area contributed by atoms with Crippen LogP contribution in [0.25, 0.3) is 0 Å². The molecule has 0 aromatic carbocycles. The van der Waals surface area contributed by atoms with Crippen molar-refractivity contribution in [2.24, 2.45) is 0 Å². The summed E-state index contributed by atoms with van der Waals surface area (Å²) in [6.45, 7) is 2.53. The normalized spacial score (nSPS) is 12.8. The van der Waals surface area contributed by atoms with Gasteiger partial charge in [0, 0.05) is 18.4 Å². The Morgan fingerprint density at radius 2 is 2.07 bits per heavy atom. The molecule has 0 fully saturated rings. The topological polar surface area (TPSA) is 83.5 Å². The minimum Gasteiger partial charge on any atom is -0.478 e. The lowest BCUT2D eigenvalue weighted by Gasteiger charge is -2.01. The molecule has 0 spiro atoms. The fourth-order valence-electron chi connectivity index (χ4n) is 0.874. The van der Waals surface area contributed by atoms with E-state index in [4.69, 9.17) is 5.11 Å². The highest BCUT2D eigenvalue weighted by Gasteiger charge is 2.00. The number of carboxylic acids is 1. The average molecular weight is 235 g/mol. The van der Waals surface area contributed by atoms with Crippen LogP contribution in [0.1, 0.15) is 13.3 Å². The lowest BCUT2D eigenvalue weighted by Crippen LogP contribution is -2.18. The van der Waals surface area contributed by atoms with Crippen molar-refractivity contribution < 1.29 is 18.3 Å². The van der Waals surface area contributed by atoms with E-state index in [1.807, 2.05) is 0 Å². The van der Waals surface area contributed by atoms with Crippen molar-refractivity contribution in [3.63, 3.8) is 0 Å². The zero-order valence-electron chi connectivity index (χ0n) is 8.99. The lowest BCUT2D eigenvalue weighted by molar-refractivity contribution is -0.132. The van der Waals surface area contributed by atoms with Gasteiger partial charge in [-0.2, -0.15) is 0 Å². The van der Waals surface area contributed by atoms with Crippen LogP contribution in [0.3, 0.4) is 0 Å². The highest BCUT2D eigenvalue weighted by molar-refractivity contribution is 7.90. The number of aliphatic carboxylic acids is 1. The third-order valence-corrected chi connectivity index (χ3v) is 2.79. The summed E-state index contributed by atoms with van der Waals surface area (Å²) in [5, 5.41) is 11.5. The molecule has 0 amide bonds. The summed E-state index contributed by atoms with van der Waals surface area (Å²) in [5.41, 5.74) is 0.283. The standard InChI is InChI=1S/C9H17NO4S/c1-8(9(11)12)4-6-10-5-3-7-15(2,13)14/h4,10H,3,5-7H2,1-2H3,(H,11,12). The molecule has 0 saturated carbocycles. The van der Waals surface area contributed by atoms with E-state index in [1.54, 1.807) is 6.08 Å². The van der Waals surface area contributed by atoms with Crippen LogP contribution >= 0.6 is 0 Å². The minimum atomic E-state index is -2.89. The van der Waals surface area contributed by atoms with Gasteiger partial charge in [0.25, 0.3) is 0 Å². The molecule has 0 saturated heterocycles. The fourth-order valence-corrected chi connectivity index (χ4v) is 1.54. The van der Waals surface area contributed by atoms with Crippen molar-refractivity contribution in [3.8, 4) is 0 Å². The molecule has 6 heteroatoms. The molecule has 0 unspecified atom stereocenters. The molecule has 0 atom stereocenters. The van der Waals surface area contributed by atoms with Crippen LogP contribution in [0.4, 0.5) is 0 Å². The number of hydrogen-bond donors (Lipinski definition) is 2. The smallest absolute Gasteiger partial charge is 0.330 e. The summed E-state index contributed by atoms with van der Waals surface area (Å²) in [6.07, 6.45) is 3.29. The largest absolute Gasteiger partial charge is 0.478 e. The summed E-state index contributed by atoms with van der Waals surface area (Å²) >= 11 is 0. The van der Waals surface area contributed by atoms with Crippen LogP contribution in [-0.2, 0) is 14.6 Å². The molecular weight excluding hydrogens is 218 g/mol. The van der Waals surface area contributed by atoms with Crippen molar-refractivity contribution in [3.05, 3.63) is 11.6 Å². The second kappa shape index (κ2) is 6.58. The average Bonchev–Trinajstić information content (AvgIpc) is 2.08. The Balaban J connectivity index is 3.57. The van der Waals surface area contributed by atoms with Crippen molar-refractivity contribution in [1.29, 1.82) is 0 Å². The first-order chi connectivity index (χ1) is 6.83. The summed E-state index contributed by atoms with van der Waals surface area (Å²) < 4.78 is 21.5. The second-order valence-corrected chi connectivity index (χ2v) is 5.64. The maximum Gasteiger partial charge on any atom is 0.330 e. The first-order valence-electron chi connectivity index (χ1n) is 4.61. The van der Waals surface area contributed by atoms with Gasteiger partial charge in [0.05, 0.1) is 5.75 Å². The number of carboxylic acid groups (broad SMARTS) is 1. The van der Waals surface area contributed by atoms with Crippen LogP contribution in [0.5, 0.6) is 0 Å². The fraction of sp³-hybridized carbons (Fsp3) is 0.667. The Hall–Kier alpha value is -0.880.